The molecule has 0 amide bonds. The zero-order valence-corrected chi connectivity index (χ0v) is 21.9. The van der Waals surface area contributed by atoms with E-state index in [2.05, 4.69) is 48.7 Å². The fourth-order valence-electron chi connectivity index (χ4n) is 5.60. The molecule has 1 aliphatic rings. The minimum atomic E-state index is -0.253. The van der Waals surface area contributed by atoms with Gasteiger partial charge < -0.3 is 4.48 Å². The second kappa shape index (κ2) is 13.4. The highest BCUT2D eigenvalue weighted by Gasteiger charge is 2.50. The SMILES string of the molecule is CCCCCCCCCCCCCCCC[N+](C)(C)C1CC(C)(C)N([O])C(C)(C)C1. The van der Waals surface area contributed by atoms with E-state index < -0.39 is 0 Å². The maximum atomic E-state index is 12.6. The summed E-state index contributed by atoms with van der Waals surface area (Å²) in [5.41, 5.74) is -0.505. The van der Waals surface area contributed by atoms with Gasteiger partial charge in [-0.05, 0) is 40.5 Å². The summed E-state index contributed by atoms with van der Waals surface area (Å²) in [7, 11) is 4.78. The molecule has 0 aliphatic carbocycles. The first-order chi connectivity index (χ1) is 14.0. The van der Waals surface area contributed by atoms with Crippen LogP contribution in [-0.4, -0.2) is 47.3 Å². The van der Waals surface area contributed by atoms with Gasteiger partial charge in [-0.15, -0.1) is 10.3 Å². The van der Waals surface area contributed by atoms with Crippen molar-refractivity contribution in [2.75, 3.05) is 20.6 Å². The molecule has 0 spiro atoms. The van der Waals surface area contributed by atoms with Crippen molar-refractivity contribution in [3.05, 3.63) is 0 Å². The maximum Gasteiger partial charge on any atom is 0.0923 e. The molecule has 1 radical (unpaired) electrons. The summed E-state index contributed by atoms with van der Waals surface area (Å²) in [6.45, 7) is 12.0. The summed E-state index contributed by atoms with van der Waals surface area (Å²) >= 11 is 0. The number of hydrogen-bond acceptors (Lipinski definition) is 1. The van der Waals surface area contributed by atoms with E-state index in [1.54, 1.807) is 0 Å². The topological polar surface area (TPSA) is 23.1 Å². The van der Waals surface area contributed by atoms with Crippen molar-refractivity contribution in [1.82, 2.24) is 5.06 Å². The van der Waals surface area contributed by atoms with Gasteiger partial charge >= 0.3 is 0 Å². The van der Waals surface area contributed by atoms with E-state index in [4.69, 9.17) is 0 Å². The number of quaternary nitrogens is 1. The van der Waals surface area contributed by atoms with Gasteiger partial charge in [0.25, 0.3) is 0 Å². The van der Waals surface area contributed by atoms with Crippen LogP contribution < -0.4 is 0 Å². The molecule has 1 saturated heterocycles. The Kier molecular flexibility index (Phi) is 12.5. The second-order valence-corrected chi connectivity index (χ2v) is 12.1. The smallest absolute Gasteiger partial charge is 0.0923 e. The zero-order chi connectivity index (χ0) is 22.7. The molecule has 0 aromatic heterocycles. The summed E-state index contributed by atoms with van der Waals surface area (Å²) in [4.78, 5) is 0. The Morgan fingerprint density at radius 1 is 0.667 bits per heavy atom. The number of piperidine rings is 1. The molecule has 0 atom stereocenters. The van der Waals surface area contributed by atoms with Gasteiger partial charge in [0.2, 0.25) is 0 Å². The number of hydrogen-bond donors (Lipinski definition) is 0. The van der Waals surface area contributed by atoms with Crippen LogP contribution in [0.2, 0.25) is 0 Å². The standard InChI is InChI=1S/C27H56N2O/c1-8-9-10-11-12-13-14-15-16-17-18-19-20-21-22-29(6,7)25-23-26(2,3)28(30)27(4,5)24-25/h25H,8-24H2,1-7H3/q+1. The summed E-state index contributed by atoms with van der Waals surface area (Å²) in [5.74, 6) is 0. The molecule has 3 heteroatoms. The van der Waals surface area contributed by atoms with Gasteiger partial charge in [-0.2, -0.15) is 0 Å². The highest BCUT2D eigenvalue weighted by atomic mass is 16.5. The van der Waals surface area contributed by atoms with Gasteiger partial charge in [0.15, 0.2) is 0 Å². The molecule has 1 heterocycles. The third-order valence-electron chi connectivity index (χ3n) is 7.65. The lowest BCUT2D eigenvalue weighted by Crippen LogP contribution is -2.65. The van der Waals surface area contributed by atoms with E-state index in [0.29, 0.717) is 6.04 Å². The van der Waals surface area contributed by atoms with Crippen molar-refractivity contribution in [1.29, 1.82) is 0 Å². The van der Waals surface area contributed by atoms with Gasteiger partial charge in [-0.25, -0.2) is 0 Å². The van der Waals surface area contributed by atoms with E-state index in [1.807, 2.05) is 0 Å². The van der Waals surface area contributed by atoms with Crippen molar-refractivity contribution in [2.24, 2.45) is 0 Å². The Morgan fingerprint density at radius 3 is 1.37 bits per heavy atom. The molecular formula is C27H56N2O+. The largest absolute Gasteiger partial charge is 0.326 e. The Labute approximate surface area is 190 Å². The summed E-state index contributed by atoms with van der Waals surface area (Å²) < 4.78 is 1.07. The molecule has 1 rings (SSSR count). The number of nitrogens with zero attached hydrogens (tertiary/aromatic N) is 2. The van der Waals surface area contributed by atoms with Crippen LogP contribution in [0, 0.1) is 0 Å². The third kappa shape index (κ3) is 10.0. The van der Waals surface area contributed by atoms with Crippen molar-refractivity contribution < 1.29 is 9.69 Å². The molecule has 1 aliphatic heterocycles. The molecule has 1 fully saturated rings. The van der Waals surface area contributed by atoms with Crippen LogP contribution in [0.15, 0.2) is 0 Å². The molecule has 3 nitrogen and oxygen atoms in total. The van der Waals surface area contributed by atoms with E-state index in [0.717, 1.165) is 17.3 Å². The van der Waals surface area contributed by atoms with Crippen molar-refractivity contribution in [2.45, 2.75) is 154 Å². The Morgan fingerprint density at radius 2 is 1.00 bits per heavy atom. The van der Waals surface area contributed by atoms with Crippen LogP contribution in [0.1, 0.15) is 137 Å². The number of unbranched alkanes of at least 4 members (excludes halogenated alkanes) is 13. The Balaban J connectivity index is 2.09. The lowest BCUT2D eigenvalue weighted by Gasteiger charge is -2.53. The molecule has 0 N–H and O–H groups in total. The average Bonchev–Trinajstić information content (AvgIpc) is 2.65. The predicted molar refractivity (Wildman–Crippen MR) is 131 cm³/mol. The lowest BCUT2D eigenvalue weighted by atomic mass is 9.77. The Bertz CT molecular complexity index is 426. The molecular weight excluding hydrogens is 368 g/mol. The predicted octanol–water partition coefficient (Wildman–Crippen LogP) is 7.91. The summed E-state index contributed by atoms with van der Waals surface area (Å²) in [6.07, 6.45) is 21.9. The van der Waals surface area contributed by atoms with Crippen LogP contribution >= 0.6 is 0 Å². The minimum absolute atomic E-state index is 0.253. The molecule has 179 valence electrons. The minimum Gasteiger partial charge on any atom is -0.326 e. The first kappa shape index (κ1) is 27.9. The van der Waals surface area contributed by atoms with Crippen LogP contribution in [0.4, 0.5) is 0 Å². The van der Waals surface area contributed by atoms with E-state index >= 15 is 0 Å². The summed E-state index contributed by atoms with van der Waals surface area (Å²) in [5, 5.41) is 14.0. The molecule has 0 bridgehead atoms. The van der Waals surface area contributed by atoms with E-state index in [1.165, 1.54) is 101 Å². The van der Waals surface area contributed by atoms with Crippen LogP contribution in [0.5, 0.6) is 0 Å². The highest BCUT2D eigenvalue weighted by molar-refractivity contribution is 4.96. The molecule has 0 aromatic rings. The van der Waals surface area contributed by atoms with Crippen LogP contribution in [0.25, 0.3) is 0 Å². The van der Waals surface area contributed by atoms with Crippen molar-refractivity contribution in [3.8, 4) is 0 Å². The highest BCUT2D eigenvalue weighted by Crippen LogP contribution is 2.40. The van der Waals surface area contributed by atoms with E-state index in [9.17, 15) is 5.21 Å². The maximum absolute atomic E-state index is 12.6. The first-order valence-electron chi connectivity index (χ1n) is 13.3. The molecule has 0 aromatic carbocycles. The van der Waals surface area contributed by atoms with Gasteiger partial charge in [0.1, 0.15) is 0 Å². The van der Waals surface area contributed by atoms with Gasteiger partial charge in [-0.1, -0.05) is 84.0 Å². The van der Waals surface area contributed by atoms with Gasteiger partial charge in [0.05, 0.1) is 26.7 Å². The van der Waals surface area contributed by atoms with Crippen LogP contribution in [0.3, 0.4) is 0 Å². The quantitative estimate of drug-likeness (QED) is 0.182. The van der Waals surface area contributed by atoms with Crippen LogP contribution in [-0.2, 0) is 5.21 Å². The first-order valence-corrected chi connectivity index (χ1v) is 13.3. The average molecular weight is 425 g/mol. The number of rotatable bonds is 16. The van der Waals surface area contributed by atoms with Crippen molar-refractivity contribution >= 4 is 0 Å². The monoisotopic (exact) mass is 424 g/mol. The van der Waals surface area contributed by atoms with Crippen molar-refractivity contribution in [3.63, 3.8) is 0 Å². The Hall–Kier alpha value is -0.120. The fraction of sp³-hybridized carbons (Fsp3) is 1.00. The normalized spacial score (nSPS) is 20.0. The molecule has 30 heavy (non-hydrogen) atoms. The summed E-state index contributed by atoms with van der Waals surface area (Å²) in [6, 6.07) is 0.585. The van der Waals surface area contributed by atoms with E-state index in [-0.39, 0.29) is 11.1 Å². The zero-order valence-electron chi connectivity index (χ0n) is 21.9. The molecule has 0 saturated carbocycles. The molecule has 0 unspecified atom stereocenters. The lowest BCUT2D eigenvalue weighted by molar-refractivity contribution is -0.918. The fourth-order valence-corrected chi connectivity index (χ4v) is 5.60. The number of hydroxylamine groups is 2. The second-order valence-electron chi connectivity index (χ2n) is 12.1. The van der Waals surface area contributed by atoms with Gasteiger partial charge in [-0.3, -0.25) is 0 Å². The van der Waals surface area contributed by atoms with Gasteiger partial charge in [0, 0.05) is 23.9 Å². The third-order valence-corrected chi connectivity index (χ3v) is 7.65.